The average molecular weight is 379 g/mol. The summed E-state index contributed by atoms with van der Waals surface area (Å²) in [6.45, 7) is 1.31. The quantitative estimate of drug-likeness (QED) is 0.697. The predicted molar refractivity (Wildman–Crippen MR) is 95.5 cm³/mol. The Morgan fingerprint density at radius 3 is 2.69 bits per heavy atom. The number of thioether (sulfide) groups is 1. The summed E-state index contributed by atoms with van der Waals surface area (Å²) in [6.07, 6.45) is 2.17. The fraction of sp³-hybridized carbons (Fsp3) is 0.471. The van der Waals surface area contributed by atoms with E-state index >= 15 is 0 Å². The van der Waals surface area contributed by atoms with E-state index in [1.165, 1.54) is 11.8 Å². The van der Waals surface area contributed by atoms with E-state index in [0.29, 0.717) is 34.7 Å². The molecule has 2 aromatic rings. The van der Waals surface area contributed by atoms with Crippen molar-refractivity contribution in [2.24, 2.45) is 0 Å². The van der Waals surface area contributed by atoms with E-state index in [1.54, 1.807) is 32.4 Å². The molecule has 9 heteroatoms. The van der Waals surface area contributed by atoms with Gasteiger partial charge in [-0.05, 0) is 25.0 Å². The second-order valence-electron chi connectivity index (χ2n) is 5.70. The number of methoxy groups -OCH3 is 2. The predicted octanol–water partition coefficient (Wildman–Crippen LogP) is 2.14. The number of hydrogen-bond donors (Lipinski definition) is 1. The molecule has 1 aliphatic rings. The van der Waals surface area contributed by atoms with E-state index in [1.807, 2.05) is 0 Å². The van der Waals surface area contributed by atoms with Crippen LogP contribution >= 0.6 is 11.8 Å². The maximum absolute atomic E-state index is 11.9. The lowest BCUT2D eigenvalue weighted by Crippen LogP contribution is -2.32. The lowest BCUT2D eigenvalue weighted by Gasteiger charge is -2.09. The summed E-state index contributed by atoms with van der Waals surface area (Å²) < 4.78 is 21.6. The summed E-state index contributed by atoms with van der Waals surface area (Å²) in [6, 6.07) is 5.31. The van der Waals surface area contributed by atoms with Gasteiger partial charge in [0.1, 0.15) is 11.5 Å². The molecule has 0 aliphatic carbocycles. The van der Waals surface area contributed by atoms with Gasteiger partial charge in [0.05, 0.1) is 26.1 Å². The molecular formula is C17H21N3O5S. The molecule has 2 heterocycles. The van der Waals surface area contributed by atoms with Gasteiger partial charge in [-0.2, -0.15) is 0 Å². The Bertz CT molecular complexity index is 723. The zero-order valence-corrected chi connectivity index (χ0v) is 15.5. The Morgan fingerprint density at radius 1 is 1.27 bits per heavy atom. The number of nitrogens with zero attached hydrogens (tertiary/aromatic N) is 2. The van der Waals surface area contributed by atoms with Crippen molar-refractivity contribution in [3.8, 4) is 23.0 Å². The van der Waals surface area contributed by atoms with Crippen molar-refractivity contribution >= 4 is 17.7 Å². The van der Waals surface area contributed by atoms with Crippen LogP contribution in [-0.4, -0.2) is 55.3 Å². The Labute approximate surface area is 155 Å². The van der Waals surface area contributed by atoms with Crippen LogP contribution in [0.15, 0.2) is 27.8 Å². The summed E-state index contributed by atoms with van der Waals surface area (Å²) in [7, 11) is 3.14. The number of benzene rings is 1. The first kappa shape index (κ1) is 18.5. The number of aromatic nitrogens is 2. The molecule has 0 spiro atoms. The third kappa shape index (κ3) is 4.89. The molecule has 1 amide bonds. The smallest absolute Gasteiger partial charge is 0.277 e. The number of carbonyl (C=O) groups excluding carboxylic acids is 1. The van der Waals surface area contributed by atoms with Crippen LogP contribution in [0.3, 0.4) is 0 Å². The van der Waals surface area contributed by atoms with Gasteiger partial charge < -0.3 is 23.9 Å². The van der Waals surface area contributed by atoms with E-state index < -0.39 is 0 Å². The fourth-order valence-corrected chi connectivity index (χ4v) is 3.12. The van der Waals surface area contributed by atoms with E-state index in [9.17, 15) is 4.79 Å². The van der Waals surface area contributed by atoms with Gasteiger partial charge in [0, 0.05) is 24.8 Å². The summed E-state index contributed by atoms with van der Waals surface area (Å²) in [5.41, 5.74) is 0.684. The normalized spacial score (nSPS) is 16.5. The molecule has 0 radical (unpaired) electrons. The van der Waals surface area contributed by atoms with Crippen LogP contribution in [0.25, 0.3) is 11.5 Å². The zero-order chi connectivity index (χ0) is 18.4. The fourth-order valence-electron chi connectivity index (χ4n) is 2.53. The van der Waals surface area contributed by atoms with E-state index in [2.05, 4.69) is 15.5 Å². The van der Waals surface area contributed by atoms with Crippen LogP contribution in [0, 0.1) is 0 Å². The van der Waals surface area contributed by atoms with Gasteiger partial charge in [0.15, 0.2) is 0 Å². The van der Waals surface area contributed by atoms with Gasteiger partial charge in [-0.25, -0.2) is 0 Å². The molecular weight excluding hydrogens is 358 g/mol. The maximum atomic E-state index is 11.9. The van der Waals surface area contributed by atoms with Crippen molar-refractivity contribution in [1.82, 2.24) is 15.5 Å². The molecule has 1 aliphatic heterocycles. The molecule has 1 atom stereocenters. The molecule has 140 valence electrons. The van der Waals surface area contributed by atoms with Crippen molar-refractivity contribution in [2.45, 2.75) is 24.2 Å². The lowest BCUT2D eigenvalue weighted by atomic mass is 10.2. The molecule has 1 fully saturated rings. The van der Waals surface area contributed by atoms with Crippen LogP contribution < -0.4 is 14.8 Å². The number of carbonyl (C=O) groups is 1. The minimum absolute atomic E-state index is 0.0895. The summed E-state index contributed by atoms with van der Waals surface area (Å²) in [5.74, 6) is 1.70. The molecule has 1 aromatic carbocycles. The molecule has 1 N–H and O–H groups in total. The van der Waals surface area contributed by atoms with E-state index in [0.717, 1.165) is 19.4 Å². The Hall–Kier alpha value is -2.26. The third-order valence-corrected chi connectivity index (χ3v) is 4.70. The van der Waals surface area contributed by atoms with Gasteiger partial charge in [-0.1, -0.05) is 11.8 Å². The SMILES string of the molecule is COc1cc(OC)cc(-c2nnc(SCC(=O)NC[C@@H]3CCCO3)o2)c1. The van der Waals surface area contributed by atoms with E-state index in [-0.39, 0.29) is 17.8 Å². The molecule has 0 unspecified atom stereocenters. The number of hydrogen-bond acceptors (Lipinski definition) is 8. The number of nitrogens with one attached hydrogen (secondary N) is 1. The van der Waals surface area contributed by atoms with Crippen LogP contribution in [0.5, 0.6) is 11.5 Å². The molecule has 0 bridgehead atoms. The van der Waals surface area contributed by atoms with Crippen LogP contribution in [0.4, 0.5) is 0 Å². The van der Waals surface area contributed by atoms with Crippen molar-refractivity contribution in [3.63, 3.8) is 0 Å². The highest BCUT2D eigenvalue weighted by Crippen LogP contribution is 2.30. The summed E-state index contributed by atoms with van der Waals surface area (Å²) >= 11 is 1.19. The molecule has 8 nitrogen and oxygen atoms in total. The Morgan fingerprint density at radius 2 is 2.04 bits per heavy atom. The second kappa shape index (κ2) is 8.91. The number of ether oxygens (including phenoxy) is 3. The minimum atomic E-state index is -0.0895. The average Bonchev–Trinajstić information content (AvgIpc) is 3.36. The summed E-state index contributed by atoms with van der Waals surface area (Å²) in [4.78, 5) is 11.9. The monoisotopic (exact) mass is 379 g/mol. The van der Waals surface area contributed by atoms with Crippen LogP contribution in [-0.2, 0) is 9.53 Å². The Balaban J connectivity index is 1.55. The van der Waals surface area contributed by atoms with Gasteiger partial charge in [-0.3, -0.25) is 4.79 Å². The van der Waals surface area contributed by atoms with Gasteiger partial charge in [0.2, 0.25) is 11.8 Å². The van der Waals surface area contributed by atoms with Crippen molar-refractivity contribution in [1.29, 1.82) is 0 Å². The molecule has 26 heavy (non-hydrogen) atoms. The maximum Gasteiger partial charge on any atom is 0.277 e. The first-order valence-corrected chi connectivity index (χ1v) is 9.24. The van der Waals surface area contributed by atoms with Crippen LogP contribution in [0.2, 0.25) is 0 Å². The molecule has 1 aromatic heterocycles. The highest BCUT2D eigenvalue weighted by atomic mass is 32.2. The first-order chi connectivity index (χ1) is 12.7. The largest absolute Gasteiger partial charge is 0.497 e. The molecule has 3 rings (SSSR count). The first-order valence-electron chi connectivity index (χ1n) is 8.26. The summed E-state index contributed by atoms with van der Waals surface area (Å²) in [5, 5.41) is 11.2. The zero-order valence-electron chi connectivity index (χ0n) is 14.7. The standard InChI is InChI=1S/C17H21N3O5S/c1-22-13-6-11(7-14(8-13)23-2)16-19-20-17(25-16)26-10-15(21)18-9-12-4-3-5-24-12/h6-8,12H,3-5,9-10H2,1-2H3,(H,18,21)/t12-/m0/s1. The second-order valence-corrected chi connectivity index (χ2v) is 6.63. The van der Waals surface area contributed by atoms with Crippen molar-refractivity contribution < 1.29 is 23.4 Å². The highest BCUT2D eigenvalue weighted by molar-refractivity contribution is 7.99. The number of amides is 1. The molecule has 0 saturated carbocycles. The highest BCUT2D eigenvalue weighted by Gasteiger charge is 2.17. The van der Waals surface area contributed by atoms with Gasteiger partial charge in [-0.15, -0.1) is 10.2 Å². The van der Waals surface area contributed by atoms with E-state index in [4.69, 9.17) is 18.6 Å². The number of rotatable bonds is 8. The molecule has 1 saturated heterocycles. The van der Waals surface area contributed by atoms with Gasteiger partial charge in [0.25, 0.3) is 5.22 Å². The minimum Gasteiger partial charge on any atom is -0.497 e. The topological polar surface area (TPSA) is 95.7 Å². The van der Waals surface area contributed by atoms with Gasteiger partial charge >= 0.3 is 0 Å². The van der Waals surface area contributed by atoms with Crippen LogP contribution in [0.1, 0.15) is 12.8 Å². The van der Waals surface area contributed by atoms with Crippen molar-refractivity contribution in [3.05, 3.63) is 18.2 Å². The lowest BCUT2D eigenvalue weighted by molar-refractivity contribution is -0.119. The van der Waals surface area contributed by atoms with Crippen molar-refractivity contribution in [2.75, 3.05) is 33.1 Å². The Kier molecular flexibility index (Phi) is 6.35. The third-order valence-electron chi connectivity index (χ3n) is 3.88.